The van der Waals surface area contributed by atoms with Crippen LogP contribution in [-0.2, 0) is 4.74 Å². The standard InChI is InChI=1S/C13H20N6O3/c1-14-8-7(4-20)22-13(10(8)21)19-6-17-9-11(18(2)3)15-5-16-12(9)19/h5-8,10,13-14,20-21H,4H2,1-3H3/t7-,8-,10+,13-/m0/s1. The van der Waals surface area contributed by atoms with Crippen LogP contribution in [0.2, 0.25) is 0 Å². The molecule has 3 rings (SSSR count). The van der Waals surface area contributed by atoms with Gasteiger partial charge in [0, 0.05) is 14.1 Å². The van der Waals surface area contributed by atoms with E-state index >= 15 is 0 Å². The van der Waals surface area contributed by atoms with Gasteiger partial charge in [-0.05, 0) is 7.05 Å². The fraction of sp³-hybridized carbons (Fsp3) is 0.615. The fourth-order valence-corrected chi connectivity index (χ4v) is 2.84. The molecular weight excluding hydrogens is 288 g/mol. The largest absolute Gasteiger partial charge is 0.394 e. The Hall–Kier alpha value is -1.81. The molecule has 1 aliphatic rings. The molecule has 4 atom stereocenters. The molecule has 2 aromatic heterocycles. The number of anilines is 1. The van der Waals surface area contributed by atoms with Crippen LogP contribution in [0.3, 0.4) is 0 Å². The minimum absolute atomic E-state index is 0.177. The number of imidazole rings is 1. The van der Waals surface area contributed by atoms with Gasteiger partial charge in [-0.25, -0.2) is 15.0 Å². The predicted molar refractivity (Wildman–Crippen MR) is 79.5 cm³/mol. The molecule has 22 heavy (non-hydrogen) atoms. The van der Waals surface area contributed by atoms with Crippen LogP contribution in [-0.4, -0.2) is 75.7 Å². The lowest BCUT2D eigenvalue weighted by atomic mass is 10.1. The summed E-state index contributed by atoms with van der Waals surface area (Å²) in [5.41, 5.74) is 1.22. The maximum absolute atomic E-state index is 10.5. The van der Waals surface area contributed by atoms with Gasteiger partial charge in [0.2, 0.25) is 0 Å². The zero-order chi connectivity index (χ0) is 15.9. The third-order valence-corrected chi connectivity index (χ3v) is 3.93. The fourth-order valence-electron chi connectivity index (χ4n) is 2.84. The van der Waals surface area contributed by atoms with Gasteiger partial charge in [-0.2, -0.15) is 0 Å². The van der Waals surface area contributed by atoms with Gasteiger partial charge in [0.1, 0.15) is 18.5 Å². The van der Waals surface area contributed by atoms with Crippen LogP contribution in [0, 0.1) is 0 Å². The molecule has 0 aliphatic carbocycles. The summed E-state index contributed by atoms with van der Waals surface area (Å²) < 4.78 is 7.44. The van der Waals surface area contributed by atoms with Crippen molar-refractivity contribution in [2.45, 2.75) is 24.5 Å². The second kappa shape index (κ2) is 5.76. The lowest BCUT2D eigenvalue weighted by Gasteiger charge is -2.18. The first-order chi connectivity index (χ1) is 10.6. The van der Waals surface area contributed by atoms with Gasteiger partial charge in [-0.3, -0.25) is 4.57 Å². The monoisotopic (exact) mass is 308 g/mol. The summed E-state index contributed by atoms with van der Waals surface area (Å²) in [5.74, 6) is 0.695. The average Bonchev–Trinajstić information content (AvgIpc) is 3.07. The number of nitrogens with zero attached hydrogens (tertiary/aromatic N) is 5. The van der Waals surface area contributed by atoms with Crippen molar-refractivity contribution in [2.75, 3.05) is 32.6 Å². The maximum Gasteiger partial charge on any atom is 0.167 e. The average molecular weight is 308 g/mol. The van der Waals surface area contributed by atoms with Crippen molar-refractivity contribution in [3.63, 3.8) is 0 Å². The molecule has 1 fully saturated rings. The second-order valence-corrected chi connectivity index (χ2v) is 5.47. The van der Waals surface area contributed by atoms with Crippen LogP contribution < -0.4 is 10.2 Å². The van der Waals surface area contributed by atoms with Crippen LogP contribution >= 0.6 is 0 Å². The molecule has 0 amide bonds. The molecule has 9 heteroatoms. The molecular formula is C13H20N6O3. The van der Waals surface area contributed by atoms with E-state index in [0.717, 1.165) is 0 Å². The van der Waals surface area contributed by atoms with E-state index in [4.69, 9.17) is 4.74 Å². The molecule has 0 radical (unpaired) electrons. The minimum atomic E-state index is -0.822. The first-order valence-corrected chi connectivity index (χ1v) is 7.05. The Morgan fingerprint density at radius 1 is 1.36 bits per heavy atom. The van der Waals surface area contributed by atoms with Gasteiger partial charge in [-0.1, -0.05) is 0 Å². The summed E-state index contributed by atoms with van der Waals surface area (Å²) in [4.78, 5) is 14.7. The Morgan fingerprint density at radius 2 is 2.14 bits per heavy atom. The molecule has 0 bridgehead atoms. The van der Waals surface area contributed by atoms with E-state index in [2.05, 4.69) is 20.3 Å². The van der Waals surface area contributed by atoms with Crippen LogP contribution in [0.4, 0.5) is 5.82 Å². The molecule has 0 aromatic carbocycles. The number of likely N-dealkylation sites (N-methyl/N-ethyl adjacent to an activating group) is 1. The van der Waals surface area contributed by atoms with Crippen molar-refractivity contribution in [2.24, 2.45) is 0 Å². The van der Waals surface area contributed by atoms with Crippen LogP contribution in [0.1, 0.15) is 6.23 Å². The molecule has 0 saturated carbocycles. The molecule has 0 unspecified atom stereocenters. The van der Waals surface area contributed by atoms with Gasteiger partial charge in [-0.15, -0.1) is 0 Å². The Kier molecular flexibility index (Phi) is 3.96. The van der Waals surface area contributed by atoms with Gasteiger partial charge in [0.15, 0.2) is 23.2 Å². The molecule has 0 spiro atoms. The summed E-state index contributed by atoms with van der Waals surface area (Å²) in [6.45, 7) is -0.177. The Morgan fingerprint density at radius 3 is 2.73 bits per heavy atom. The maximum atomic E-state index is 10.5. The van der Waals surface area contributed by atoms with E-state index in [9.17, 15) is 10.2 Å². The van der Waals surface area contributed by atoms with E-state index < -0.39 is 18.4 Å². The number of aliphatic hydroxyl groups is 2. The summed E-state index contributed by atoms with van der Waals surface area (Å²) in [6.07, 6.45) is 1.06. The third kappa shape index (κ3) is 2.22. The Labute approximate surface area is 127 Å². The SMILES string of the molecule is CN[C@@H]1[C@@H](O)[C@@H](n2cnc3c(N(C)C)ncnc32)O[C@H]1CO. The van der Waals surface area contributed by atoms with Gasteiger partial charge >= 0.3 is 0 Å². The van der Waals surface area contributed by atoms with E-state index in [-0.39, 0.29) is 12.6 Å². The van der Waals surface area contributed by atoms with Crippen molar-refractivity contribution in [3.05, 3.63) is 12.7 Å². The highest BCUT2D eigenvalue weighted by atomic mass is 16.5. The molecule has 2 aromatic rings. The third-order valence-electron chi connectivity index (χ3n) is 3.93. The quantitative estimate of drug-likeness (QED) is 0.642. The summed E-state index contributed by atoms with van der Waals surface area (Å²) >= 11 is 0. The smallest absolute Gasteiger partial charge is 0.167 e. The van der Waals surface area contributed by atoms with Crippen molar-refractivity contribution < 1.29 is 14.9 Å². The van der Waals surface area contributed by atoms with Crippen LogP contribution in [0.25, 0.3) is 11.2 Å². The number of rotatable bonds is 4. The number of aliphatic hydroxyl groups excluding tert-OH is 2. The first kappa shape index (κ1) is 15.1. The normalized spacial score (nSPS) is 28.4. The number of fused-ring (bicyclic) bond motifs is 1. The number of hydrogen-bond donors (Lipinski definition) is 3. The summed E-state index contributed by atoms with van der Waals surface area (Å²) in [7, 11) is 5.47. The van der Waals surface area contributed by atoms with E-state index in [1.54, 1.807) is 17.9 Å². The highest BCUT2D eigenvalue weighted by molar-refractivity contribution is 5.83. The van der Waals surface area contributed by atoms with Crippen LogP contribution in [0.15, 0.2) is 12.7 Å². The van der Waals surface area contributed by atoms with Gasteiger partial charge < -0.3 is 25.2 Å². The zero-order valence-corrected chi connectivity index (χ0v) is 12.7. The lowest BCUT2D eigenvalue weighted by molar-refractivity contribution is -0.0489. The molecule has 3 heterocycles. The van der Waals surface area contributed by atoms with Gasteiger partial charge in [0.05, 0.1) is 19.0 Å². The Balaban J connectivity index is 2.03. The molecule has 9 nitrogen and oxygen atoms in total. The first-order valence-electron chi connectivity index (χ1n) is 7.05. The van der Waals surface area contributed by atoms with E-state index in [0.29, 0.717) is 17.0 Å². The number of nitrogens with one attached hydrogen (secondary N) is 1. The summed E-state index contributed by atoms with van der Waals surface area (Å²) in [5, 5.41) is 22.8. The zero-order valence-electron chi connectivity index (χ0n) is 12.7. The molecule has 1 saturated heterocycles. The molecule has 1 aliphatic heterocycles. The van der Waals surface area contributed by atoms with Crippen molar-refractivity contribution in [1.29, 1.82) is 0 Å². The lowest BCUT2D eigenvalue weighted by Crippen LogP contribution is -2.43. The van der Waals surface area contributed by atoms with Crippen molar-refractivity contribution in [3.8, 4) is 0 Å². The molecule has 120 valence electrons. The van der Waals surface area contributed by atoms with Crippen molar-refractivity contribution >= 4 is 17.0 Å². The topological polar surface area (TPSA) is 109 Å². The second-order valence-electron chi connectivity index (χ2n) is 5.47. The Bertz CT molecular complexity index is 660. The van der Waals surface area contributed by atoms with Crippen molar-refractivity contribution in [1.82, 2.24) is 24.8 Å². The molecule has 3 N–H and O–H groups in total. The number of ether oxygens (including phenoxy) is 1. The highest BCUT2D eigenvalue weighted by Gasteiger charge is 2.44. The minimum Gasteiger partial charge on any atom is -0.394 e. The number of hydrogen-bond acceptors (Lipinski definition) is 8. The predicted octanol–water partition coefficient (Wildman–Crippen LogP) is -1.27. The number of aromatic nitrogens is 4. The van der Waals surface area contributed by atoms with E-state index in [1.165, 1.54) is 6.33 Å². The van der Waals surface area contributed by atoms with Crippen LogP contribution in [0.5, 0.6) is 0 Å². The van der Waals surface area contributed by atoms with E-state index in [1.807, 2.05) is 19.0 Å². The highest BCUT2D eigenvalue weighted by Crippen LogP contribution is 2.32. The van der Waals surface area contributed by atoms with Gasteiger partial charge in [0.25, 0.3) is 0 Å². The summed E-state index contributed by atoms with van der Waals surface area (Å²) in [6, 6.07) is -0.359.